The van der Waals surface area contributed by atoms with Gasteiger partial charge in [-0.15, -0.1) is 11.3 Å². The second-order valence-electron chi connectivity index (χ2n) is 6.91. The number of nitrogens with one attached hydrogen (secondary N) is 1. The second-order valence-corrected chi connectivity index (χ2v) is 8.03. The first kappa shape index (κ1) is 20.2. The molecule has 0 aliphatic heterocycles. The number of rotatable bonds is 8. The zero-order chi connectivity index (χ0) is 20.9. The summed E-state index contributed by atoms with van der Waals surface area (Å²) >= 11 is 1.74. The molecule has 0 unspecified atom stereocenters. The van der Waals surface area contributed by atoms with Gasteiger partial charge in [0.1, 0.15) is 10.6 Å². The highest BCUT2D eigenvalue weighted by Crippen LogP contribution is 2.32. The summed E-state index contributed by atoms with van der Waals surface area (Å²) in [5.74, 6) is 3.12. The van der Waals surface area contributed by atoms with E-state index in [4.69, 9.17) is 19.4 Å². The molecule has 0 spiro atoms. The van der Waals surface area contributed by atoms with Crippen LogP contribution in [0.4, 0.5) is 5.82 Å². The number of anilines is 1. The van der Waals surface area contributed by atoms with Crippen LogP contribution in [0, 0.1) is 0 Å². The van der Waals surface area contributed by atoms with Crippen LogP contribution in [0.25, 0.3) is 21.6 Å². The van der Waals surface area contributed by atoms with Gasteiger partial charge in [0.15, 0.2) is 17.3 Å². The van der Waals surface area contributed by atoms with Gasteiger partial charge >= 0.3 is 0 Å². The normalized spacial score (nSPS) is 10.9. The molecule has 0 aliphatic rings. The summed E-state index contributed by atoms with van der Waals surface area (Å²) < 4.78 is 10.7. The Morgan fingerprint density at radius 2 is 1.73 bits per heavy atom. The van der Waals surface area contributed by atoms with E-state index in [2.05, 4.69) is 24.4 Å². The van der Waals surface area contributed by atoms with Gasteiger partial charge < -0.3 is 14.8 Å². The molecule has 6 heteroatoms. The maximum absolute atomic E-state index is 5.41. The van der Waals surface area contributed by atoms with Crippen LogP contribution in [0.1, 0.15) is 17.4 Å². The number of aromatic nitrogens is 2. The van der Waals surface area contributed by atoms with E-state index in [0.717, 1.165) is 58.3 Å². The molecule has 0 amide bonds. The number of nitrogens with zero attached hydrogens (tertiary/aromatic N) is 2. The Morgan fingerprint density at radius 1 is 0.933 bits per heavy atom. The molecule has 0 aliphatic carbocycles. The first-order valence-electron chi connectivity index (χ1n) is 10.0. The van der Waals surface area contributed by atoms with Gasteiger partial charge in [-0.05, 0) is 36.6 Å². The van der Waals surface area contributed by atoms with Gasteiger partial charge in [-0.25, -0.2) is 9.97 Å². The summed E-state index contributed by atoms with van der Waals surface area (Å²) in [4.78, 5) is 12.0. The summed E-state index contributed by atoms with van der Waals surface area (Å²) in [6, 6.07) is 18.3. The molecule has 2 aromatic heterocycles. The smallest absolute Gasteiger partial charge is 0.163 e. The molecule has 0 fully saturated rings. The standard InChI is InChI=1S/C24H25N3O2S/c1-4-18-15-19-23(25-13-12-16-10-11-20(28-2)21(14-16)29-3)26-22(27-24(19)30-18)17-8-6-5-7-9-17/h5-11,14-15H,4,12-13H2,1-3H3,(H,25,26,27). The zero-order valence-electron chi connectivity index (χ0n) is 17.4. The molecule has 4 aromatic rings. The van der Waals surface area contributed by atoms with Crippen LogP contribution < -0.4 is 14.8 Å². The highest BCUT2D eigenvalue weighted by atomic mass is 32.1. The lowest BCUT2D eigenvalue weighted by molar-refractivity contribution is 0.354. The van der Waals surface area contributed by atoms with E-state index in [9.17, 15) is 0 Å². The highest BCUT2D eigenvalue weighted by Gasteiger charge is 2.13. The van der Waals surface area contributed by atoms with Crippen molar-refractivity contribution in [2.75, 3.05) is 26.1 Å². The van der Waals surface area contributed by atoms with E-state index in [0.29, 0.717) is 0 Å². The minimum atomic E-state index is 0.740. The maximum Gasteiger partial charge on any atom is 0.163 e. The SMILES string of the molecule is CCc1cc2c(NCCc3ccc(OC)c(OC)c3)nc(-c3ccccc3)nc2s1. The minimum Gasteiger partial charge on any atom is -0.493 e. The summed E-state index contributed by atoms with van der Waals surface area (Å²) in [7, 11) is 3.31. The summed E-state index contributed by atoms with van der Waals surface area (Å²) in [6.07, 6.45) is 1.84. The molecule has 1 N–H and O–H groups in total. The van der Waals surface area contributed by atoms with Crippen molar-refractivity contribution in [3.8, 4) is 22.9 Å². The predicted octanol–water partition coefficient (Wildman–Crippen LogP) is 5.59. The fraction of sp³-hybridized carbons (Fsp3) is 0.250. The van der Waals surface area contributed by atoms with Crippen molar-refractivity contribution in [3.63, 3.8) is 0 Å². The molecule has 4 rings (SSSR count). The molecule has 154 valence electrons. The molecule has 0 saturated carbocycles. The van der Waals surface area contributed by atoms with E-state index in [-0.39, 0.29) is 0 Å². The van der Waals surface area contributed by atoms with Crippen LogP contribution in [0.3, 0.4) is 0 Å². The number of ether oxygens (including phenoxy) is 2. The van der Waals surface area contributed by atoms with Crippen molar-refractivity contribution in [2.45, 2.75) is 19.8 Å². The van der Waals surface area contributed by atoms with Crippen LogP contribution in [0.2, 0.25) is 0 Å². The molecule has 2 heterocycles. The third-order valence-corrected chi connectivity index (χ3v) is 6.15. The molecule has 5 nitrogen and oxygen atoms in total. The van der Waals surface area contributed by atoms with Crippen LogP contribution in [-0.2, 0) is 12.8 Å². The Bertz CT molecular complexity index is 1140. The molecule has 2 aromatic carbocycles. The summed E-state index contributed by atoms with van der Waals surface area (Å²) in [6.45, 7) is 2.92. The Morgan fingerprint density at radius 3 is 2.47 bits per heavy atom. The van der Waals surface area contributed by atoms with Gasteiger partial charge in [0.2, 0.25) is 0 Å². The van der Waals surface area contributed by atoms with Crippen LogP contribution >= 0.6 is 11.3 Å². The third-order valence-electron chi connectivity index (χ3n) is 4.98. The maximum atomic E-state index is 5.41. The first-order valence-corrected chi connectivity index (χ1v) is 10.8. The van der Waals surface area contributed by atoms with E-state index in [1.54, 1.807) is 25.6 Å². The Labute approximate surface area is 180 Å². The lowest BCUT2D eigenvalue weighted by Crippen LogP contribution is -2.08. The fourth-order valence-corrected chi connectivity index (χ4v) is 4.33. The van der Waals surface area contributed by atoms with E-state index >= 15 is 0 Å². The molecule has 0 bridgehead atoms. The lowest BCUT2D eigenvalue weighted by Gasteiger charge is -2.11. The van der Waals surface area contributed by atoms with Gasteiger partial charge in [-0.1, -0.05) is 43.3 Å². The zero-order valence-corrected chi connectivity index (χ0v) is 18.3. The molecule has 0 radical (unpaired) electrons. The minimum absolute atomic E-state index is 0.740. The van der Waals surface area contributed by atoms with Gasteiger partial charge in [-0.2, -0.15) is 0 Å². The number of methoxy groups -OCH3 is 2. The Hall–Kier alpha value is -3.12. The van der Waals surface area contributed by atoms with Crippen molar-refractivity contribution in [1.29, 1.82) is 0 Å². The number of aryl methyl sites for hydroxylation is 1. The summed E-state index contributed by atoms with van der Waals surface area (Å²) in [5, 5.41) is 4.62. The molecule has 0 saturated heterocycles. The lowest BCUT2D eigenvalue weighted by atomic mass is 10.1. The molecule has 30 heavy (non-hydrogen) atoms. The van der Waals surface area contributed by atoms with Crippen molar-refractivity contribution >= 4 is 27.4 Å². The molecular weight excluding hydrogens is 394 g/mol. The van der Waals surface area contributed by atoms with Crippen LogP contribution in [0.15, 0.2) is 54.6 Å². The monoisotopic (exact) mass is 419 g/mol. The fourth-order valence-electron chi connectivity index (χ4n) is 3.36. The largest absolute Gasteiger partial charge is 0.493 e. The van der Waals surface area contributed by atoms with Gasteiger partial charge in [0.05, 0.1) is 19.6 Å². The van der Waals surface area contributed by atoms with E-state index in [1.165, 1.54) is 10.4 Å². The van der Waals surface area contributed by atoms with Crippen molar-refractivity contribution in [2.24, 2.45) is 0 Å². The highest BCUT2D eigenvalue weighted by molar-refractivity contribution is 7.18. The number of fused-ring (bicyclic) bond motifs is 1. The average Bonchev–Trinajstić information content (AvgIpc) is 3.23. The van der Waals surface area contributed by atoms with Crippen LogP contribution in [0.5, 0.6) is 11.5 Å². The predicted molar refractivity (Wildman–Crippen MR) is 124 cm³/mol. The first-order chi connectivity index (χ1) is 14.7. The molecular formula is C24H25N3O2S. The van der Waals surface area contributed by atoms with E-state index in [1.807, 2.05) is 42.5 Å². The topological polar surface area (TPSA) is 56.3 Å². The quantitative estimate of drug-likeness (QED) is 0.403. The number of benzene rings is 2. The average molecular weight is 420 g/mol. The number of thiophene rings is 1. The van der Waals surface area contributed by atoms with Gasteiger partial charge in [-0.3, -0.25) is 0 Å². The van der Waals surface area contributed by atoms with Crippen molar-refractivity contribution < 1.29 is 9.47 Å². The van der Waals surface area contributed by atoms with Crippen molar-refractivity contribution in [1.82, 2.24) is 9.97 Å². The van der Waals surface area contributed by atoms with E-state index < -0.39 is 0 Å². The Kier molecular flexibility index (Phi) is 6.14. The van der Waals surface area contributed by atoms with Crippen molar-refractivity contribution in [3.05, 3.63) is 65.0 Å². The Balaban J connectivity index is 1.59. The summed E-state index contributed by atoms with van der Waals surface area (Å²) in [5.41, 5.74) is 2.20. The molecule has 0 atom stereocenters. The van der Waals surface area contributed by atoms with Gasteiger partial charge in [0.25, 0.3) is 0 Å². The van der Waals surface area contributed by atoms with Crippen LogP contribution in [-0.4, -0.2) is 30.7 Å². The second kappa shape index (κ2) is 9.13. The third kappa shape index (κ3) is 4.24. The number of hydrogen-bond donors (Lipinski definition) is 1. The van der Waals surface area contributed by atoms with Gasteiger partial charge in [0, 0.05) is 17.0 Å². The number of hydrogen-bond acceptors (Lipinski definition) is 6.